The third kappa shape index (κ3) is 3.27. The van der Waals surface area contributed by atoms with Crippen molar-refractivity contribution in [2.75, 3.05) is 19.7 Å². The van der Waals surface area contributed by atoms with E-state index in [-0.39, 0.29) is 41.8 Å². The van der Waals surface area contributed by atoms with Gasteiger partial charge in [0.25, 0.3) is 0 Å². The van der Waals surface area contributed by atoms with Crippen LogP contribution in [0.1, 0.15) is 44.2 Å². The third-order valence-electron chi connectivity index (χ3n) is 11.4. The third-order valence-corrected chi connectivity index (χ3v) is 11.4. The van der Waals surface area contributed by atoms with Gasteiger partial charge in [-0.25, -0.2) is 8.78 Å². The standard InChI is InChI=1S/C31H34F2N2O4/c1-28-8-7-21(37)10-24(28)25(32)11-23-22-9-20-15-35(14-19-5-3-18(13-34)4-6-19)17-30(20,27(39)16-36)29(22,2)12-26(38)31(23,28)33/h3-8,10,20,22-23,25-26,36,38H,9,11-12,14-17H2,1-2H3/t20-,22-,23-,25-,26-,28-,29-,30+,31-/m0/s1. The number of allylic oxidation sites excluding steroid dienone is 4. The first-order chi connectivity index (χ1) is 18.4. The quantitative estimate of drug-likeness (QED) is 0.611. The first kappa shape index (κ1) is 26.5. The minimum Gasteiger partial charge on any atom is -0.390 e. The highest BCUT2D eigenvalue weighted by atomic mass is 19.1. The maximum absolute atomic E-state index is 17.5. The Labute approximate surface area is 227 Å². The molecule has 0 aromatic heterocycles. The van der Waals surface area contributed by atoms with Gasteiger partial charge in [0.2, 0.25) is 0 Å². The van der Waals surface area contributed by atoms with E-state index in [0.29, 0.717) is 31.6 Å². The van der Waals surface area contributed by atoms with Crippen molar-refractivity contribution in [1.82, 2.24) is 4.90 Å². The largest absolute Gasteiger partial charge is 0.390 e. The Morgan fingerprint density at radius 1 is 1.21 bits per heavy atom. The summed E-state index contributed by atoms with van der Waals surface area (Å²) in [5.41, 5.74) is -3.85. The van der Waals surface area contributed by atoms with Crippen molar-refractivity contribution in [3.8, 4) is 6.07 Å². The lowest BCUT2D eigenvalue weighted by Gasteiger charge is -2.63. The number of hydrogen-bond acceptors (Lipinski definition) is 6. The first-order valence-electron chi connectivity index (χ1n) is 13.8. The maximum atomic E-state index is 17.5. The number of carbonyl (C=O) groups excluding carboxylic acids is 2. The molecule has 0 amide bonds. The normalized spacial score (nSPS) is 44.6. The average Bonchev–Trinajstić information content (AvgIpc) is 3.39. The molecule has 6 nitrogen and oxygen atoms in total. The van der Waals surface area contributed by atoms with Crippen LogP contribution in [0.4, 0.5) is 8.78 Å². The lowest BCUT2D eigenvalue weighted by atomic mass is 9.43. The van der Waals surface area contributed by atoms with Crippen LogP contribution in [0.2, 0.25) is 0 Å². The number of nitrogens with zero attached hydrogens (tertiary/aromatic N) is 2. The molecule has 9 atom stereocenters. The molecule has 5 aliphatic rings. The second-order valence-corrected chi connectivity index (χ2v) is 12.8. The molecule has 1 aliphatic heterocycles. The number of nitriles is 1. The summed E-state index contributed by atoms with van der Waals surface area (Å²) < 4.78 is 33.2. The van der Waals surface area contributed by atoms with E-state index in [1.54, 1.807) is 19.1 Å². The SMILES string of the molecule is C[C@]12C=CC(=O)C=C1[C@@H](F)C[C@H]1[C@@H]3C[C@H]4CN(Cc5ccc(C#N)cc5)C[C@@]4(C(=O)CO)[C@@]3(C)C[C@H](O)[C@@]12F. The van der Waals surface area contributed by atoms with Crippen LogP contribution >= 0.6 is 0 Å². The van der Waals surface area contributed by atoms with Gasteiger partial charge in [-0.3, -0.25) is 14.5 Å². The number of fused-ring (bicyclic) bond motifs is 7. The number of aliphatic hydroxyl groups excluding tert-OH is 2. The lowest BCUT2D eigenvalue weighted by Crippen LogP contribution is -2.69. The molecule has 8 heteroatoms. The lowest BCUT2D eigenvalue weighted by molar-refractivity contribution is -0.212. The molecule has 0 unspecified atom stereocenters. The Hall–Kier alpha value is -2.73. The molecule has 1 aromatic carbocycles. The maximum Gasteiger partial charge on any atom is 0.178 e. The van der Waals surface area contributed by atoms with Crippen molar-refractivity contribution in [2.45, 2.75) is 57.6 Å². The molecule has 206 valence electrons. The summed E-state index contributed by atoms with van der Waals surface area (Å²) in [6.07, 6.45) is 1.24. The topological polar surface area (TPSA) is 102 Å². The van der Waals surface area contributed by atoms with Crippen molar-refractivity contribution >= 4 is 11.6 Å². The summed E-state index contributed by atoms with van der Waals surface area (Å²) in [6, 6.07) is 9.39. The Morgan fingerprint density at radius 2 is 1.92 bits per heavy atom. The van der Waals surface area contributed by atoms with Crippen LogP contribution in [-0.4, -0.2) is 64.3 Å². The monoisotopic (exact) mass is 536 g/mol. The average molecular weight is 537 g/mol. The number of rotatable bonds is 4. The summed E-state index contributed by atoms with van der Waals surface area (Å²) in [5, 5.41) is 30.9. The second kappa shape index (κ2) is 8.63. The van der Waals surface area contributed by atoms with Crippen molar-refractivity contribution in [3.05, 3.63) is 59.2 Å². The van der Waals surface area contributed by atoms with E-state index in [9.17, 15) is 19.8 Å². The van der Waals surface area contributed by atoms with Crippen LogP contribution in [0, 0.1) is 45.3 Å². The minimum absolute atomic E-state index is 0.0131. The van der Waals surface area contributed by atoms with Gasteiger partial charge >= 0.3 is 0 Å². The molecule has 1 aromatic rings. The molecule has 0 spiro atoms. The molecule has 3 saturated carbocycles. The number of ketones is 2. The molecule has 2 N–H and O–H groups in total. The fourth-order valence-electron chi connectivity index (χ4n) is 9.58. The second-order valence-electron chi connectivity index (χ2n) is 12.8. The number of likely N-dealkylation sites (tertiary alicyclic amines) is 1. The number of benzene rings is 1. The smallest absolute Gasteiger partial charge is 0.178 e. The summed E-state index contributed by atoms with van der Waals surface area (Å²) in [4.78, 5) is 27.9. The van der Waals surface area contributed by atoms with Crippen LogP contribution in [-0.2, 0) is 16.1 Å². The van der Waals surface area contributed by atoms with E-state index >= 15 is 8.78 Å². The van der Waals surface area contributed by atoms with Gasteiger partial charge in [-0.2, -0.15) is 5.26 Å². The van der Waals surface area contributed by atoms with Gasteiger partial charge in [-0.05, 0) is 78.9 Å². The van der Waals surface area contributed by atoms with Crippen molar-refractivity contribution in [3.63, 3.8) is 0 Å². The predicted octanol–water partition coefficient (Wildman–Crippen LogP) is 3.47. The van der Waals surface area contributed by atoms with Crippen LogP contribution in [0.5, 0.6) is 0 Å². The Bertz CT molecular complexity index is 1340. The molecular weight excluding hydrogens is 502 g/mol. The van der Waals surface area contributed by atoms with Crippen LogP contribution in [0.3, 0.4) is 0 Å². The zero-order valence-corrected chi connectivity index (χ0v) is 22.2. The molecular formula is C31H34F2N2O4. The van der Waals surface area contributed by atoms with Crippen molar-refractivity contribution < 1.29 is 28.6 Å². The first-order valence-corrected chi connectivity index (χ1v) is 13.8. The van der Waals surface area contributed by atoms with Gasteiger partial charge < -0.3 is 10.2 Å². The molecule has 1 heterocycles. The summed E-state index contributed by atoms with van der Waals surface area (Å²) in [7, 11) is 0. The van der Waals surface area contributed by atoms with E-state index < -0.39 is 46.7 Å². The van der Waals surface area contributed by atoms with Gasteiger partial charge in [0.15, 0.2) is 17.2 Å². The Kier molecular flexibility index (Phi) is 5.86. The molecule has 4 fully saturated rings. The Morgan fingerprint density at radius 3 is 2.59 bits per heavy atom. The van der Waals surface area contributed by atoms with Gasteiger partial charge in [0, 0.05) is 31.0 Å². The Balaban J connectivity index is 1.38. The fourth-order valence-corrected chi connectivity index (χ4v) is 9.58. The molecule has 4 aliphatic carbocycles. The number of hydrogen-bond donors (Lipinski definition) is 2. The van der Waals surface area contributed by atoms with Crippen LogP contribution < -0.4 is 0 Å². The summed E-state index contributed by atoms with van der Waals surface area (Å²) >= 11 is 0. The molecule has 6 rings (SSSR count). The van der Waals surface area contributed by atoms with Gasteiger partial charge in [0.1, 0.15) is 12.8 Å². The molecule has 39 heavy (non-hydrogen) atoms. The van der Waals surface area contributed by atoms with E-state index in [0.717, 1.165) is 5.56 Å². The molecule has 0 bridgehead atoms. The zero-order chi connectivity index (χ0) is 28.0. The molecule has 1 saturated heterocycles. The van der Waals surface area contributed by atoms with Crippen molar-refractivity contribution in [2.24, 2.45) is 34.0 Å². The summed E-state index contributed by atoms with van der Waals surface area (Å²) in [6.45, 7) is 4.34. The minimum atomic E-state index is -2.19. The summed E-state index contributed by atoms with van der Waals surface area (Å²) in [5.74, 6) is -2.08. The number of aliphatic hydroxyl groups is 2. The number of alkyl halides is 2. The van der Waals surface area contributed by atoms with E-state index in [1.165, 1.54) is 18.2 Å². The number of carbonyl (C=O) groups is 2. The highest BCUT2D eigenvalue weighted by Crippen LogP contribution is 2.74. The van der Waals surface area contributed by atoms with Gasteiger partial charge in [-0.15, -0.1) is 0 Å². The highest BCUT2D eigenvalue weighted by molar-refractivity contribution is 6.01. The number of halogens is 2. The zero-order valence-electron chi connectivity index (χ0n) is 22.2. The van der Waals surface area contributed by atoms with E-state index in [2.05, 4.69) is 11.0 Å². The predicted molar refractivity (Wildman–Crippen MR) is 138 cm³/mol. The van der Waals surface area contributed by atoms with Crippen molar-refractivity contribution in [1.29, 1.82) is 5.26 Å². The van der Waals surface area contributed by atoms with Gasteiger partial charge in [0.05, 0.1) is 23.2 Å². The highest BCUT2D eigenvalue weighted by Gasteiger charge is 2.78. The molecule has 0 radical (unpaired) electrons. The van der Waals surface area contributed by atoms with E-state index in [1.807, 2.05) is 19.1 Å². The van der Waals surface area contributed by atoms with Crippen LogP contribution in [0.15, 0.2) is 48.1 Å². The van der Waals surface area contributed by atoms with Crippen LogP contribution in [0.25, 0.3) is 0 Å². The van der Waals surface area contributed by atoms with E-state index in [4.69, 9.17) is 5.26 Å². The number of Topliss-reactive ketones (excluding diaryl/α,β-unsaturated/α-hetero) is 1. The van der Waals surface area contributed by atoms with Gasteiger partial charge in [-0.1, -0.05) is 25.1 Å². The fraction of sp³-hybridized carbons (Fsp3) is 0.581.